The van der Waals surface area contributed by atoms with E-state index in [1.54, 1.807) is 13.0 Å². The first kappa shape index (κ1) is 45.6. The van der Waals surface area contributed by atoms with Crippen molar-refractivity contribution in [3.63, 3.8) is 0 Å². The van der Waals surface area contributed by atoms with Gasteiger partial charge in [0, 0.05) is 37.2 Å². The smallest absolute Gasteiger partial charge is 0.336 e. The molecule has 5 saturated heterocycles. The summed E-state index contributed by atoms with van der Waals surface area (Å²) in [6, 6.07) is 0. The molecule has 5 heterocycles. The molecule has 12 N–H and O–H groups in total. The standard InChI is InChI=1S/C48H78N4O10/c1-3-34(48(59)13-4-5-14-48)46(58)61-36-20-32-42(57)40-35(56)19-29(22-53)60-44(40)41-39-30-12-15-51-45(50)38(30)26(8-7-25-9-10-28(55)18-31(25)33(39)23-54)17-27(47(36,2)62-43(32)41)16-24-6-11-37(49)52-21-24/h3,24-33,36-45,51-55,57,59H,4-23,49-50H2,1-2H3/p+1. The summed E-state index contributed by atoms with van der Waals surface area (Å²) in [7, 11) is 0. The number of nitrogens with two attached hydrogens (primary N) is 3. The monoisotopic (exact) mass is 872 g/mol. The van der Waals surface area contributed by atoms with Crippen molar-refractivity contribution < 1.29 is 54.6 Å². The van der Waals surface area contributed by atoms with Gasteiger partial charge in [0.05, 0.1) is 66.9 Å². The van der Waals surface area contributed by atoms with E-state index in [0.717, 1.165) is 77.2 Å². The second kappa shape index (κ2) is 18.3. The van der Waals surface area contributed by atoms with Gasteiger partial charge in [0.1, 0.15) is 23.7 Å². The summed E-state index contributed by atoms with van der Waals surface area (Å²) < 4.78 is 21.5. The van der Waals surface area contributed by atoms with Gasteiger partial charge in [-0.1, -0.05) is 18.9 Å². The molecule has 21 unspecified atom stereocenters. The Hall–Kier alpha value is -1.56. The molecule has 14 heteroatoms. The van der Waals surface area contributed by atoms with Crippen molar-refractivity contribution in [1.82, 2.24) is 5.32 Å². The molecule has 0 spiro atoms. The van der Waals surface area contributed by atoms with Crippen molar-refractivity contribution in [2.75, 3.05) is 26.3 Å². The van der Waals surface area contributed by atoms with Crippen LogP contribution in [0.5, 0.6) is 0 Å². The molecule has 4 aliphatic carbocycles. The number of hydrogen-bond acceptors (Lipinski definition) is 13. The number of quaternary nitrogens is 1. The van der Waals surface area contributed by atoms with Gasteiger partial charge in [-0.25, -0.2) is 4.79 Å². The van der Waals surface area contributed by atoms with Crippen LogP contribution in [0.2, 0.25) is 0 Å². The number of carbonyl (C=O) groups is 2. The predicted molar refractivity (Wildman–Crippen MR) is 228 cm³/mol. The van der Waals surface area contributed by atoms with Gasteiger partial charge in [-0.2, -0.15) is 0 Å². The van der Waals surface area contributed by atoms with E-state index >= 15 is 0 Å². The van der Waals surface area contributed by atoms with Crippen molar-refractivity contribution in [1.29, 1.82) is 0 Å². The van der Waals surface area contributed by atoms with Crippen LogP contribution >= 0.6 is 0 Å². The van der Waals surface area contributed by atoms with Crippen molar-refractivity contribution in [2.24, 2.45) is 82.5 Å². The fourth-order valence-corrected chi connectivity index (χ4v) is 16.0. The number of Topliss-reactive ketones (excluding diaryl/α,β-unsaturated/α-hetero) is 1. The third-order valence-corrected chi connectivity index (χ3v) is 19.0. The maximum absolute atomic E-state index is 14.7. The molecular weight excluding hydrogens is 793 g/mol. The van der Waals surface area contributed by atoms with Crippen molar-refractivity contribution in [3.05, 3.63) is 11.6 Å². The summed E-state index contributed by atoms with van der Waals surface area (Å²) in [5, 5.41) is 64.2. The number of carbonyl (C=O) groups excluding carboxylic acids is 2. The number of ketones is 1. The summed E-state index contributed by atoms with van der Waals surface area (Å²) in [6.07, 6.45) is 8.05. The van der Waals surface area contributed by atoms with Gasteiger partial charge in [-0.05, 0) is 145 Å². The first-order valence-corrected chi connectivity index (χ1v) is 24.9. The normalized spacial score (nSPS) is 50.5. The Labute approximate surface area is 368 Å². The van der Waals surface area contributed by atoms with Gasteiger partial charge in [0.15, 0.2) is 0 Å². The van der Waals surface area contributed by atoms with E-state index in [1.165, 1.54) is 0 Å². The quantitative estimate of drug-likeness (QED) is 0.129. The number of fused-ring (bicyclic) bond motifs is 5. The maximum Gasteiger partial charge on any atom is 0.336 e. The highest BCUT2D eigenvalue weighted by atomic mass is 16.6. The summed E-state index contributed by atoms with van der Waals surface area (Å²) in [4.78, 5) is 29.1. The second-order valence-electron chi connectivity index (χ2n) is 22.1. The number of ether oxygens (including phenoxy) is 3. The molecule has 0 aromatic rings. The molecule has 5 aliphatic heterocycles. The number of allylic oxidation sites excluding steroid dienone is 1. The zero-order valence-corrected chi connectivity index (χ0v) is 37.3. The van der Waals surface area contributed by atoms with Crippen LogP contribution in [0.1, 0.15) is 117 Å². The van der Waals surface area contributed by atoms with Crippen LogP contribution in [-0.2, 0) is 23.8 Å². The molecule has 9 rings (SSSR count). The van der Waals surface area contributed by atoms with Crippen LogP contribution in [0.3, 0.4) is 0 Å². The van der Waals surface area contributed by atoms with Gasteiger partial charge >= 0.3 is 5.97 Å². The first-order valence-electron chi connectivity index (χ1n) is 24.9. The van der Waals surface area contributed by atoms with Crippen LogP contribution in [0.25, 0.3) is 0 Å². The van der Waals surface area contributed by atoms with Crippen molar-refractivity contribution >= 4 is 11.8 Å². The number of hydrogen-bond donors (Lipinski definition) is 9. The SMILES string of the molecule is CC=C(C(=O)OC1CC2C(O)C3C(=O)CC(CO)OC3C3C2OC1(C)C(CC1CCC(N)[NH2+]C1)CC1CCC2CCC(O)CC2C(CO)C3C2CCNC(N)C12)C1(O)CCCC1. The molecular formula is C48H79N4O10+. The van der Waals surface area contributed by atoms with E-state index in [9.17, 15) is 35.1 Å². The summed E-state index contributed by atoms with van der Waals surface area (Å²) in [5.74, 6) is -2.46. The van der Waals surface area contributed by atoms with E-state index in [4.69, 9.17) is 25.7 Å². The van der Waals surface area contributed by atoms with Crippen LogP contribution in [-0.4, -0.2) is 124 Å². The molecule has 62 heavy (non-hydrogen) atoms. The fraction of sp³-hybridized carbons (Fsp3) is 0.917. The molecule has 21 atom stereocenters. The number of rotatable bonds is 7. The molecule has 0 aromatic heterocycles. The number of nitrogens with one attached hydrogen (secondary N) is 1. The second-order valence-corrected chi connectivity index (χ2v) is 22.1. The Kier molecular flexibility index (Phi) is 13.4. The van der Waals surface area contributed by atoms with E-state index in [-0.39, 0.29) is 97.1 Å². The molecule has 0 radical (unpaired) electrons. The molecule has 9 fully saturated rings. The molecule has 9 aliphatic rings. The summed E-state index contributed by atoms with van der Waals surface area (Å²) in [6.45, 7) is 5.05. The van der Waals surface area contributed by atoms with E-state index in [1.807, 2.05) is 0 Å². The Morgan fingerprint density at radius 3 is 2.39 bits per heavy atom. The minimum Gasteiger partial charge on any atom is -0.456 e. The average molecular weight is 872 g/mol. The lowest BCUT2D eigenvalue weighted by atomic mass is 9.50. The number of piperidine rings is 2. The third kappa shape index (κ3) is 8.08. The van der Waals surface area contributed by atoms with Crippen molar-refractivity contribution in [2.45, 2.75) is 177 Å². The van der Waals surface area contributed by atoms with Crippen LogP contribution < -0.4 is 22.1 Å². The Balaban J connectivity index is 1.23. The van der Waals surface area contributed by atoms with Gasteiger partial charge in [0.2, 0.25) is 0 Å². The highest BCUT2D eigenvalue weighted by molar-refractivity contribution is 5.91. The molecule has 0 amide bonds. The fourth-order valence-electron chi connectivity index (χ4n) is 16.0. The van der Waals surface area contributed by atoms with Gasteiger partial charge in [-0.15, -0.1) is 0 Å². The Morgan fingerprint density at radius 1 is 0.919 bits per heavy atom. The Morgan fingerprint density at radius 2 is 1.68 bits per heavy atom. The number of esters is 1. The van der Waals surface area contributed by atoms with Crippen molar-refractivity contribution in [3.8, 4) is 0 Å². The van der Waals surface area contributed by atoms with Crippen LogP contribution in [0.4, 0.5) is 0 Å². The lowest BCUT2D eigenvalue weighted by Crippen LogP contribution is -2.95. The van der Waals surface area contributed by atoms with Gasteiger partial charge in [-0.3, -0.25) is 10.5 Å². The average Bonchev–Trinajstić information content (AvgIpc) is 3.70. The zero-order chi connectivity index (χ0) is 43.7. The van der Waals surface area contributed by atoms with E-state index in [2.05, 4.69) is 17.6 Å². The molecule has 0 aromatic carbocycles. The highest BCUT2D eigenvalue weighted by Gasteiger charge is 2.67. The Bertz CT molecular complexity index is 1640. The lowest BCUT2D eigenvalue weighted by Gasteiger charge is -2.63. The van der Waals surface area contributed by atoms with Crippen LogP contribution in [0, 0.1) is 71.0 Å². The third-order valence-electron chi connectivity index (χ3n) is 19.0. The van der Waals surface area contributed by atoms with E-state index < -0.39 is 71.5 Å². The summed E-state index contributed by atoms with van der Waals surface area (Å²) >= 11 is 0. The highest BCUT2D eigenvalue weighted by Crippen LogP contribution is 2.61. The molecule has 14 nitrogen and oxygen atoms in total. The minimum absolute atomic E-state index is 0.00747. The lowest BCUT2D eigenvalue weighted by molar-refractivity contribution is -0.703. The van der Waals surface area contributed by atoms with Gasteiger partial charge < -0.3 is 56.1 Å². The molecule has 4 bridgehead atoms. The van der Waals surface area contributed by atoms with Crippen LogP contribution in [0.15, 0.2) is 11.6 Å². The van der Waals surface area contributed by atoms with Gasteiger partial charge in [0.25, 0.3) is 0 Å². The predicted octanol–water partition coefficient (Wildman–Crippen LogP) is 1.23. The largest absolute Gasteiger partial charge is 0.456 e. The molecule has 4 saturated carbocycles. The first-order chi connectivity index (χ1) is 29.8. The maximum atomic E-state index is 14.7. The topological polar surface area (TPSA) is 244 Å². The van der Waals surface area contributed by atoms with E-state index in [0.29, 0.717) is 31.7 Å². The number of aliphatic hydroxyl groups is 5. The minimum atomic E-state index is -1.27. The summed E-state index contributed by atoms with van der Waals surface area (Å²) in [5.41, 5.74) is 11.7. The zero-order valence-electron chi connectivity index (χ0n) is 37.3. The molecule has 350 valence electrons. The number of aliphatic hydroxyl groups excluding tert-OH is 4.